The van der Waals surface area contributed by atoms with Gasteiger partial charge in [-0.15, -0.1) is 0 Å². The molecule has 2 amide bonds. The van der Waals surface area contributed by atoms with Gasteiger partial charge in [-0.1, -0.05) is 18.2 Å². The van der Waals surface area contributed by atoms with Gasteiger partial charge in [-0.3, -0.25) is 9.59 Å². The van der Waals surface area contributed by atoms with Gasteiger partial charge in [0.1, 0.15) is 0 Å². The first kappa shape index (κ1) is 25.6. The van der Waals surface area contributed by atoms with Crippen LogP contribution in [0.25, 0.3) is 6.08 Å². The largest absolute Gasteiger partial charge is 0.493 e. The first-order valence-corrected chi connectivity index (χ1v) is 11.8. The number of fused-ring (bicyclic) bond motifs is 1. The lowest BCUT2D eigenvalue weighted by molar-refractivity contribution is -0.144. The van der Waals surface area contributed by atoms with Crippen molar-refractivity contribution in [3.8, 4) is 11.5 Å². The summed E-state index contributed by atoms with van der Waals surface area (Å²) in [6.45, 7) is 1.31. The molecule has 2 saturated heterocycles. The summed E-state index contributed by atoms with van der Waals surface area (Å²) in [5.41, 5.74) is 0.761. The highest BCUT2D eigenvalue weighted by atomic mass is 19.4. The second-order valence-electron chi connectivity index (χ2n) is 9.10. The van der Waals surface area contributed by atoms with Crippen LogP contribution < -0.4 is 9.47 Å². The van der Waals surface area contributed by atoms with Crippen molar-refractivity contribution in [1.29, 1.82) is 0 Å². The molecule has 2 aliphatic rings. The number of carbonyl (C=O) groups excluding carboxylic acids is 2. The second-order valence-corrected chi connectivity index (χ2v) is 9.10. The minimum absolute atomic E-state index is 0.00396. The smallest absolute Gasteiger partial charge is 0.416 e. The zero-order valence-corrected chi connectivity index (χ0v) is 20.3. The number of hydrogen-bond acceptors (Lipinski definition) is 4. The summed E-state index contributed by atoms with van der Waals surface area (Å²) < 4.78 is 49.1. The summed E-state index contributed by atoms with van der Waals surface area (Å²) in [5, 5.41) is 0. The van der Waals surface area contributed by atoms with E-state index in [9.17, 15) is 22.8 Å². The molecule has 2 aromatic carbocycles. The van der Waals surface area contributed by atoms with Gasteiger partial charge in [0, 0.05) is 38.2 Å². The highest BCUT2D eigenvalue weighted by Gasteiger charge is 2.40. The Bertz CT molecular complexity index is 1130. The Kier molecular flexibility index (Phi) is 7.56. The van der Waals surface area contributed by atoms with Crippen molar-refractivity contribution in [2.45, 2.75) is 38.0 Å². The highest BCUT2D eigenvalue weighted by Crippen LogP contribution is 2.34. The molecule has 9 heteroatoms. The number of halogens is 3. The van der Waals surface area contributed by atoms with Gasteiger partial charge in [0.25, 0.3) is 0 Å². The van der Waals surface area contributed by atoms with Crippen LogP contribution in [0.4, 0.5) is 13.2 Å². The predicted octanol–water partition coefficient (Wildman–Crippen LogP) is 4.78. The molecule has 2 aliphatic heterocycles. The highest BCUT2D eigenvalue weighted by molar-refractivity contribution is 5.92. The SMILES string of the molecule is COc1ccc(/C=C/C(=O)N2CC[C@H]3[C@H](CCC(=O)N3Cc3ccc(C(F)(F)F)cc3)C2)cc1OC. The maximum Gasteiger partial charge on any atom is 0.416 e. The van der Waals surface area contributed by atoms with Crippen molar-refractivity contribution in [1.82, 2.24) is 9.80 Å². The summed E-state index contributed by atoms with van der Waals surface area (Å²) in [7, 11) is 3.11. The molecule has 6 nitrogen and oxygen atoms in total. The van der Waals surface area contributed by atoms with E-state index < -0.39 is 11.7 Å². The predicted molar refractivity (Wildman–Crippen MR) is 128 cm³/mol. The van der Waals surface area contributed by atoms with Crippen molar-refractivity contribution in [3.63, 3.8) is 0 Å². The van der Waals surface area contributed by atoms with Gasteiger partial charge in [-0.05, 0) is 60.2 Å². The quantitative estimate of drug-likeness (QED) is 0.534. The fourth-order valence-corrected chi connectivity index (χ4v) is 4.98. The van der Waals surface area contributed by atoms with E-state index in [1.807, 2.05) is 6.07 Å². The summed E-state index contributed by atoms with van der Waals surface area (Å²) in [4.78, 5) is 29.1. The topological polar surface area (TPSA) is 59.1 Å². The van der Waals surface area contributed by atoms with Crippen molar-refractivity contribution in [3.05, 3.63) is 65.2 Å². The van der Waals surface area contributed by atoms with E-state index in [0.717, 1.165) is 17.7 Å². The molecule has 0 saturated carbocycles. The Morgan fingerprint density at radius 3 is 2.44 bits per heavy atom. The minimum atomic E-state index is -4.39. The van der Waals surface area contributed by atoms with Gasteiger partial charge in [0.15, 0.2) is 11.5 Å². The van der Waals surface area contributed by atoms with E-state index in [-0.39, 0.29) is 30.3 Å². The van der Waals surface area contributed by atoms with Crippen LogP contribution in [0.1, 0.15) is 36.0 Å². The number of alkyl halides is 3. The number of benzene rings is 2. The summed E-state index contributed by atoms with van der Waals surface area (Å²) in [6, 6.07) is 10.3. The lowest BCUT2D eigenvalue weighted by Crippen LogP contribution is -2.56. The van der Waals surface area contributed by atoms with Crippen LogP contribution in [-0.4, -0.2) is 55.0 Å². The average molecular weight is 503 g/mol. The monoisotopic (exact) mass is 502 g/mol. The molecule has 2 aromatic rings. The Hall–Kier alpha value is -3.49. The number of carbonyl (C=O) groups is 2. The molecular formula is C27H29F3N2O4. The summed E-state index contributed by atoms with van der Waals surface area (Å²) >= 11 is 0. The number of likely N-dealkylation sites (tertiary alicyclic amines) is 2. The van der Waals surface area contributed by atoms with E-state index in [1.165, 1.54) is 18.2 Å². The Balaban J connectivity index is 1.39. The van der Waals surface area contributed by atoms with Gasteiger partial charge < -0.3 is 19.3 Å². The number of amides is 2. The van der Waals surface area contributed by atoms with Crippen LogP contribution in [0.3, 0.4) is 0 Å². The average Bonchev–Trinajstić information content (AvgIpc) is 2.88. The molecule has 2 heterocycles. The van der Waals surface area contributed by atoms with Gasteiger partial charge in [0.05, 0.1) is 19.8 Å². The Morgan fingerprint density at radius 1 is 1.06 bits per heavy atom. The number of nitrogens with zero attached hydrogens (tertiary/aromatic N) is 2. The molecule has 0 bridgehead atoms. The zero-order chi connectivity index (χ0) is 25.9. The fourth-order valence-electron chi connectivity index (χ4n) is 4.98. The minimum Gasteiger partial charge on any atom is -0.493 e. The summed E-state index contributed by atoms with van der Waals surface area (Å²) in [6.07, 6.45) is 0.569. The van der Waals surface area contributed by atoms with Crippen molar-refractivity contribution >= 4 is 17.9 Å². The summed E-state index contributed by atoms with van der Waals surface area (Å²) in [5.74, 6) is 1.21. The van der Waals surface area contributed by atoms with Gasteiger partial charge in [0.2, 0.25) is 11.8 Å². The fraction of sp³-hybridized carbons (Fsp3) is 0.407. The van der Waals surface area contributed by atoms with Crippen molar-refractivity contribution in [2.24, 2.45) is 5.92 Å². The second kappa shape index (κ2) is 10.6. The third kappa shape index (κ3) is 5.66. The molecule has 192 valence electrons. The van der Waals surface area contributed by atoms with Crippen molar-refractivity contribution < 1.29 is 32.2 Å². The molecule has 4 rings (SSSR count). The molecule has 0 spiro atoms. The van der Waals surface area contributed by atoms with Crippen molar-refractivity contribution in [2.75, 3.05) is 27.3 Å². The zero-order valence-electron chi connectivity index (χ0n) is 20.3. The van der Waals surface area contributed by atoms with Gasteiger partial charge in [-0.2, -0.15) is 13.2 Å². The number of piperidine rings is 2. The Morgan fingerprint density at radius 2 is 1.78 bits per heavy atom. The van der Waals surface area contributed by atoms with Crippen LogP contribution >= 0.6 is 0 Å². The number of ether oxygens (including phenoxy) is 2. The van der Waals surface area contributed by atoms with E-state index in [2.05, 4.69) is 0 Å². The van der Waals surface area contributed by atoms with Gasteiger partial charge >= 0.3 is 6.18 Å². The normalized spacial score (nSPS) is 20.4. The number of methoxy groups -OCH3 is 2. The molecule has 0 aromatic heterocycles. The molecule has 2 fully saturated rings. The maximum atomic E-state index is 12.9. The lowest BCUT2D eigenvalue weighted by Gasteiger charge is -2.47. The molecule has 0 radical (unpaired) electrons. The molecule has 0 aliphatic carbocycles. The van der Waals surface area contributed by atoms with Crippen LogP contribution in [0, 0.1) is 5.92 Å². The maximum absolute atomic E-state index is 12.9. The Labute approximate surface area is 208 Å². The number of rotatable bonds is 6. The third-order valence-corrected chi connectivity index (χ3v) is 6.92. The van der Waals surface area contributed by atoms with Crippen LogP contribution in [0.2, 0.25) is 0 Å². The van der Waals surface area contributed by atoms with E-state index in [1.54, 1.807) is 42.2 Å². The van der Waals surface area contributed by atoms with E-state index in [4.69, 9.17) is 9.47 Å². The van der Waals surface area contributed by atoms with Crippen LogP contribution in [0.15, 0.2) is 48.5 Å². The van der Waals surface area contributed by atoms with Crippen LogP contribution in [0.5, 0.6) is 11.5 Å². The first-order valence-electron chi connectivity index (χ1n) is 11.8. The molecule has 0 N–H and O–H groups in total. The van der Waals surface area contributed by atoms with E-state index in [0.29, 0.717) is 49.4 Å². The number of hydrogen-bond donors (Lipinski definition) is 0. The van der Waals surface area contributed by atoms with Crippen LogP contribution in [-0.2, 0) is 22.3 Å². The van der Waals surface area contributed by atoms with E-state index >= 15 is 0 Å². The standard InChI is InChI=1S/C27H29F3N2O4/c1-35-23-10-5-18(15-24(23)36-2)6-11-25(33)31-14-13-22-20(17-31)7-12-26(34)32(22)16-19-3-8-21(9-4-19)27(28,29)30/h3-6,8-11,15,20,22H,7,12-14,16-17H2,1-2H3/b11-6+/t20-,22+/m1/s1. The van der Waals surface area contributed by atoms with Gasteiger partial charge in [-0.25, -0.2) is 0 Å². The lowest BCUT2D eigenvalue weighted by atomic mass is 9.83. The molecule has 2 atom stereocenters. The molecule has 36 heavy (non-hydrogen) atoms. The first-order chi connectivity index (χ1) is 17.2. The molecule has 0 unspecified atom stereocenters. The molecular weight excluding hydrogens is 473 g/mol. The third-order valence-electron chi connectivity index (χ3n) is 6.92.